The van der Waals surface area contributed by atoms with Crippen molar-refractivity contribution in [2.24, 2.45) is 5.41 Å². The Morgan fingerprint density at radius 1 is 1.14 bits per heavy atom. The molecule has 1 aliphatic rings. The zero-order valence-electron chi connectivity index (χ0n) is 9.00. The SMILES string of the molecule is CC(C)(C)C1=Cc2ccccc2OC1. The highest BCUT2D eigenvalue weighted by Gasteiger charge is 2.21. The molecule has 0 bridgehead atoms. The number of hydrogen-bond acceptors (Lipinski definition) is 1. The van der Waals surface area contributed by atoms with Gasteiger partial charge in [0.1, 0.15) is 12.4 Å². The summed E-state index contributed by atoms with van der Waals surface area (Å²) in [6.45, 7) is 7.38. The fraction of sp³-hybridized carbons (Fsp3) is 0.385. The first-order chi connectivity index (χ1) is 6.57. The van der Waals surface area contributed by atoms with Crippen molar-refractivity contribution in [3.05, 3.63) is 35.4 Å². The molecule has 1 aromatic carbocycles. The molecule has 0 radical (unpaired) electrons. The average molecular weight is 188 g/mol. The molecule has 0 aromatic heterocycles. The second kappa shape index (κ2) is 3.16. The van der Waals surface area contributed by atoms with Gasteiger partial charge in [-0.15, -0.1) is 0 Å². The Morgan fingerprint density at radius 3 is 2.57 bits per heavy atom. The van der Waals surface area contributed by atoms with Gasteiger partial charge in [0.2, 0.25) is 0 Å². The minimum Gasteiger partial charge on any atom is -0.489 e. The van der Waals surface area contributed by atoms with Gasteiger partial charge in [0.05, 0.1) is 0 Å². The fourth-order valence-electron chi connectivity index (χ4n) is 1.55. The minimum absolute atomic E-state index is 0.202. The van der Waals surface area contributed by atoms with E-state index in [1.165, 1.54) is 11.1 Å². The standard InChI is InChI=1S/C13H16O/c1-13(2,3)11-8-10-6-4-5-7-12(10)14-9-11/h4-8H,9H2,1-3H3. The van der Waals surface area contributed by atoms with Gasteiger partial charge in [-0.05, 0) is 23.1 Å². The van der Waals surface area contributed by atoms with Crippen LogP contribution < -0.4 is 4.74 Å². The Hall–Kier alpha value is -1.24. The molecule has 0 N–H and O–H groups in total. The van der Waals surface area contributed by atoms with E-state index in [0.717, 1.165) is 12.4 Å². The molecule has 74 valence electrons. The van der Waals surface area contributed by atoms with Crippen LogP contribution in [-0.4, -0.2) is 6.61 Å². The van der Waals surface area contributed by atoms with Gasteiger partial charge >= 0.3 is 0 Å². The van der Waals surface area contributed by atoms with Gasteiger partial charge in [-0.1, -0.05) is 39.0 Å². The van der Waals surface area contributed by atoms with E-state index >= 15 is 0 Å². The summed E-state index contributed by atoms with van der Waals surface area (Å²) in [6, 6.07) is 8.17. The van der Waals surface area contributed by atoms with E-state index in [1.54, 1.807) is 0 Å². The Balaban J connectivity index is 2.41. The number of ether oxygens (including phenoxy) is 1. The molecule has 1 nitrogen and oxygen atoms in total. The van der Waals surface area contributed by atoms with Crippen molar-refractivity contribution in [3.63, 3.8) is 0 Å². The Morgan fingerprint density at radius 2 is 1.86 bits per heavy atom. The normalized spacial score (nSPS) is 15.5. The Kier molecular flexibility index (Phi) is 2.10. The third kappa shape index (κ3) is 1.67. The van der Waals surface area contributed by atoms with Crippen LogP contribution in [0, 0.1) is 5.41 Å². The van der Waals surface area contributed by atoms with Crippen LogP contribution in [0.4, 0.5) is 0 Å². The number of benzene rings is 1. The molecule has 1 heteroatoms. The Bertz CT molecular complexity index is 369. The number of rotatable bonds is 0. The van der Waals surface area contributed by atoms with Crippen molar-refractivity contribution in [2.75, 3.05) is 6.61 Å². The predicted molar refractivity (Wildman–Crippen MR) is 59.4 cm³/mol. The first kappa shape index (κ1) is 9.32. The molecule has 0 spiro atoms. The molecule has 1 heterocycles. The summed E-state index contributed by atoms with van der Waals surface area (Å²) < 4.78 is 5.69. The first-order valence-electron chi connectivity index (χ1n) is 5.00. The van der Waals surface area contributed by atoms with Crippen LogP contribution in [0.25, 0.3) is 6.08 Å². The summed E-state index contributed by atoms with van der Waals surface area (Å²) in [6.07, 6.45) is 2.25. The van der Waals surface area contributed by atoms with Crippen LogP contribution in [-0.2, 0) is 0 Å². The molecule has 0 aliphatic carbocycles. The van der Waals surface area contributed by atoms with E-state index in [0.29, 0.717) is 0 Å². The van der Waals surface area contributed by atoms with Gasteiger partial charge in [-0.25, -0.2) is 0 Å². The maximum atomic E-state index is 5.69. The second-order valence-electron chi connectivity index (χ2n) is 4.75. The van der Waals surface area contributed by atoms with Crippen LogP contribution in [0.2, 0.25) is 0 Å². The monoisotopic (exact) mass is 188 g/mol. The quantitative estimate of drug-likeness (QED) is 0.605. The molecule has 1 aromatic rings. The van der Waals surface area contributed by atoms with Gasteiger partial charge in [-0.3, -0.25) is 0 Å². The van der Waals surface area contributed by atoms with Crippen LogP contribution in [0.15, 0.2) is 29.8 Å². The van der Waals surface area contributed by atoms with Crippen LogP contribution in [0.5, 0.6) is 5.75 Å². The first-order valence-corrected chi connectivity index (χ1v) is 5.00. The molecule has 0 saturated heterocycles. The van der Waals surface area contributed by atoms with Crippen LogP contribution in [0.1, 0.15) is 26.3 Å². The highest BCUT2D eigenvalue weighted by molar-refractivity contribution is 5.62. The molecule has 0 fully saturated rings. The molecule has 2 rings (SSSR count). The second-order valence-corrected chi connectivity index (χ2v) is 4.75. The third-order valence-electron chi connectivity index (χ3n) is 2.60. The van der Waals surface area contributed by atoms with Crippen LogP contribution >= 0.6 is 0 Å². The predicted octanol–water partition coefficient (Wildman–Crippen LogP) is 3.51. The summed E-state index contributed by atoms with van der Waals surface area (Å²) in [5.74, 6) is 1.00. The molecular weight excluding hydrogens is 172 g/mol. The van der Waals surface area contributed by atoms with Crippen molar-refractivity contribution in [1.82, 2.24) is 0 Å². The van der Waals surface area contributed by atoms with Crippen molar-refractivity contribution >= 4 is 6.08 Å². The minimum atomic E-state index is 0.202. The van der Waals surface area contributed by atoms with Crippen molar-refractivity contribution in [1.29, 1.82) is 0 Å². The van der Waals surface area contributed by atoms with E-state index in [9.17, 15) is 0 Å². The molecule has 0 saturated carbocycles. The van der Waals surface area contributed by atoms with Crippen molar-refractivity contribution < 1.29 is 4.74 Å². The summed E-state index contributed by atoms with van der Waals surface area (Å²) in [7, 11) is 0. The third-order valence-corrected chi connectivity index (χ3v) is 2.60. The van der Waals surface area contributed by atoms with Crippen molar-refractivity contribution in [3.8, 4) is 5.75 Å². The topological polar surface area (TPSA) is 9.23 Å². The van der Waals surface area contributed by atoms with E-state index in [4.69, 9.17) is 4.74 Å². The molecular formula is C13H16O. The lowest BCUT2D eigenvalue weighted by Crippen LogP contribution is -2.18. The van der Waals surface area contributed by atoms with Crippen molar-refractivity contribution in [2.45, 2.75) is 20.8 Å². The lowest BCUT2D eigenvalue weighted by Gasteiger charge is -2.27. The lowest BCUT2D eigenvalue weighted by atomic mass is 9.85. The smallest absolute Gasteiger partial charge is 0.127 e. The maximum Gasteiger partial charge on any atom is 0.127 e. The molecule has 0 amide bonds. The highest BCUT2D eigenvalue weighted by Crippen LogP contribution is 2.33. The van der Waals surface area contributed by atoms with Gasteiger partial charge in [-0.2, -0.15) is 0 Å². The molecule has 14 heavy (non-hydrogen) atoms. The van der Waals surface area contributed by atoms with Gasteiger partial charge in [0, 0.05) is 5.56 Å². The van der Waals surface area contributed by atoms with E-state index in [2.05, 4.69) is 32.9 Å². The lowest BCUT2D eigenvalue weighted by molar-refractivity contribution is 0.310. The largest absolute Gasteiger partial charge is 0.489 e. The Labute approximate surface area is 85.4 Å². The van der Waals surface area contributed by atoms with Gasteiger partial charge < -0.3 is 4.74 Å². The number of para-hydroxylation sites is 1. The van der Waals surface area contributed by atoms with Gasteiger partial charge in [0.25, 0.3) is 0 Å². The number of fused-ring (bicyclic) bond motifs is 1. The summed E-state index contributed by atoms with van der Waals surface area (Å²) in [4.78, 5) is 0. The highest BCUT2D eigenvalue weighted by atomic mass is 16.5. The van der Waals surface area contributed by atoms with Crippen LogP contribution in [0.3, 0.4) is 0 Å². The zero-order valence-corrected chi connectivity index (χ0v) is 9.00. The molecule has 1 aliphatic heterocycles. The molecule has 0 unspecified atom stereocenters. The van der Waals surface area contributed by atoms with E-state index in [1.807, 2.05) is 18.2 Å². The molecule has 0 atom stereocenters. The maximum absolute atomic E-state index is 5.69. The summed E-state index contributed by atoms with van der Waals surface area (Å²) >= 11 is 0. The zero-order chi connectivity index (χ0) is 10.2. The summed E-state index contributed by atoms with van der Waals surface area (Å²) in [5, 5.41) is 0. The van der Waals surface area contributed by atoms with E-state index in [-0.39, 0.29) is 5.41 Å². The van der Waals surface area contributed by atoms with Gasteiger partial charge in [0.15, 0.2) is 0 Å². The van der Waals surface area contributed by atoms with E-state index < -0.39 is 0 Å². The fourth-order valence-corrected chi connectivity index (χ4v) is 1.55. The number of hydrogen-bond donors (Lipinski definition) is 0. The average Bonchev–Trinajstić information content (AvgIpc) is 2.16. The summed E-state index contributed by atoms with van der Waals surface area (Å²) in [5.41, 5.74) is 2.76.